The van der Waals surface area contributed by atoms with Crippen molar-refractivity contribution in [3.05, 3.63) is 95.6 Å². The van der Waals surface area contributed by atoms with Crippen LogP contribution in [0.3, 0.4) is 0 Å². The third-order valence-electron chi connectivity index (χ3n) is 6.68. The van der Waals surface area contributed by atoms with Crippen molar-refractivity contribution >= 4 is 29.0 Å². The number of fused-ring (bicyclic) bond motifs is 1. The van der Waals surface area contributed by atoms with E-state index in [1.54, 1.807) is 24.1 Å². The van der Waals surface area contributed by atoms with Crippen LogP contribution in [0.1, 0.15) is 34.0 Å². The Labute approximate surface area is 223 Å². The van der Waals surface area contributed by atoms with Crippen LogP contribution in [0.5, 0.6) is 0 Å². The fourth-order valence-corrected chi connectivity index (χ4v) is 4.69. The summed E-state index contributed by atoms with van der Waals surface area (Å²) >= 11 is 0. The number of nitrogens with zero attached hydrogens (tertiary/aromatic N) is 2. The van der Waals surface area contributed by atoms with Crippen molar-refractivity contribution in [2.45, 2.75) is 25.2 Å². The van der Waals surface area contributed by atoms with Gasteiger partial charge in [-0.05, 0) is 42.0 Å². The number of alkyl halides is 2. The molecule has 2 aromatic carbocycles. The molecule has 1 aliphatic rings. The molecule has 3 N–H and O–H groups in total. The number of para-hydroxylation sites is 1. The Morgan fingerprint density at radius 3 is 2.56 bits per heavy atom. The minimum absolute atomic E-state index is 0.117. The molecule has 0 radical (unpaired) electrons. The van der Waals surface area contributed by atoms with E-state index in [1.807, 2.05) is 30.3 Å². The molecule has 2 amide bonds. The summed E-state index contributed by atoms with van der Waals surface area (Å²) in [5, 5.41) is 5.99. The molecule has 0 aliphatic carbocycles. The van der Waals surface area contributed by atoms with E-state index in [-0.39, 0.29) is 17.3 Å². The van der Waals surface area contributed by atoms with Crippen molar-refractivity contribution < 1.29 is 22.8 Å². The van der Waals surface area contributed by atoms with E-state index in [0.717, 1.165) is 23.5 Å². The minimum atomic E-state index is -2.74. The van der Waals surface area contributed by atoms with Gasteiger partial charge in [-0.15, -0.1) is 0 Å². The van der Waals surface area contributed by atoms with Crippen LogP contribution in [-0.2, 0) is 11.2 Å². The summed E-state index contributed by atoms with van der Waals surface area (Å²) in [6.07, 6.45) is -1.33. The van der Waals surface area contributed by atoms with E-state index < -0.39 is 30.5 Å². The lowest BCUT2D eigenvalue weighted by atomic mass is 9.95. The number of pyridine rings is 1. The highest BCUT2D eigenvalue weighted by Gasteiger charge is 2.30. The number of aromatic nitrogens is 2. The first kappa shape index (κ1) is 26.0. The molecule has 4 aromatic rings. The van der Waals surface area contributed by atoms with Gasteiger partial charge in [-0.1, -0.05) is 30.3 Å². The van der Waals surface area contributed by atoms with Crippen molar-refractivity contribution in [1.29, 1.82) is 0 Å². The molecule has 1 atom stereocenters. The summed E-state index contributed by atoms with van der Waals surface area (Å²) in [5.41, 5.74) is 4.26. The first-order valence-corrected chi connectivity index (χ1v) is 12.4. The first-order valence-electron chi connectivity index (χ1n) is 12.4. The van der Waals surface area contributed by atoms with Gasteiger partial charge in [0.2, 0.25) is 12.3 Å². The van der Waals surface area contributed by atoms with Crippen LogP contribution >= 0.6 is 0 Å². The number of hydrogen-bond acceptors (Lipinski definition) is 4. The highest BCUT2D eigenvalue weighted by atomic mass is 19.3. The zero-order valence-corrected chi connectivity index (χ0v) is 21.0. The number of aromatic amines is 1. The Hall–Kier alpha value is -4.60. The lowest BCUT2D eigenvalue weighted by molar-refractivity contribution is -0.118. The van der Waals surface area contributed by atoms with E-state index >= 15 is 0 Å². The van der Waals surface area contributed by atoms with Crippen LogP contribution in [0.2, 0.25) is 0 Å². The zero-order valence-electron chi connectivity index (χ0n) is 21.0. The largest absolute Gasteiger partial charge is 0.356 e. The van der Waals surface area contributed by atoms with Gasteiger partial charge in [-0.2, -0.15) is 0 Å². The molecule has 3 heterocycles. The average molecular weight is 534 g/mol. The van der Waals surface area contributed by atoms with Crippen molar-refractivity contribution in [1.82, 2.24) is 14.9 Å². The molecule has 0 saturated carbocycles. The second kappa shape index (κ2) is 11.0. The highest BCUT2D eigenvalue weighted by molar-refractivity contribution is 6.06. The molecule has 7 nitrogen and oxygen atoms in total. The number of carbonyl (C=O) groups excluding carboxylic acids is 2. The molecular formula is C29H26F3N5O2. The first-order chi connectivity index (χ1) is 18.8. The van der Waals surface area contributed by atoms with Gasteiger partial charge in [0, 0.05) is 49.6 Å². The predicted molar refractivity (Wildman–Crippen MR) is 143 cm³/mol. The Kier molecular flexibility index (Phi) is 7.36. The van der Waals surface area contributed by atoms with E-state index in [2.05, 4.69) is 20.6 Å². The van der Waals surface area contributed by atoms with Crippen molar-refractivity contribution in [3.8, 4) is 11.3 Å². The maximum absolute atomic E-state index is 13.4. The number of likely N-dealkylation sites (N-methyl/N-ethyl adjacent to an activating group) is 1. The number of H-pyrrole nitrogens is 1. The molecule has 0 unspecified atom stereocenters. The van der Waals surface area contributed by atoms with Gasteiger partial charge in [0.05, 0.1) is 22.9 Å². The second-order valence-corrected chi connectivity index (χ2v) is 9.35. The number of anilines is 3. The van der Waals surface area contributed by atoms with Gasteiger partial charge >= 0.3 is 0 Å². The fraction of sp³-hybridized carbons (Fsp3) is 0.207. The number of rotatable bonds is 8. The summed E-state index contributed by atoms with van der Waals surface area (Å²) < 4.78 is 40.0. The molecule has 200 valence electrons. The van der Waals surface area contributed by atoms with Crippen LogP contribution in [0.15, 0.2) is 72.9 Å². The average Bonchev–Trinajstić information content (AvgIpc) is 3.29. The smallest absolute Gasteiger partial charge is 0.257 e. The van der Waals surface area contributed by atoms with Crippen LogP contribution in [-0.4, -0.2) is 46.7 Å². The maximum Gasteiger partial charge on any atom is 0.257 e. The monoisotopic (exact) mass is 533 g/mol. The van der Waals surface area contributed by atoms with Crippen LogP contribution in [0, 0.1) is 5.82 Å². The van der Waals surface area contributed by atoms with Crippen molar-refractivity contribution in [3.63, 3.8) is 0 Å². The predicted octanol–water partition coefficient (Wildman–Crippen LogP) is 5.97. The molecule has 0 fully saturated rings. The third-order valence-corrected chi connectivity index (χ3v) is 6.68. The molecule has 39 heavy (non-hydrogen) atoms. The van der Waals surface area contributed by atoms with Crippen molar-refractivity contribution in [2.24, 2.45) is 0 Å². The molecule has 10 heteroatoms. The number of carbonyl (C=O) groups is 2. The van der Waals surface area contributed by atoms with Crippen LogP contribution in [0.25, 0.3) is 11.3 Å². The van der Waals surface area contributed by atoms with Crippen LogP contribution in [0.4, 0.5) is 30.4 Å². The maximum atomic E-state index is 13.4. The lowest BCUT2D eigenvalue weighted by Gasteiger charge is -2.23. The summed E-state index contributed by atoms with van der Waals surface area (Å²) in [5.74, 6) is -2.37. The molecule has 0 bridgehead atoms. The second-order valence-electron chi connectivity index (χ2n) is 9.35. The SMILES string of the molecule is CN1CCc2[nH]c(-c3ccnc(NC(=O)[C@@H](CC(F)F)c4ccc(F)cc4)c3)c(Nc3ccccc3)c2C1=O. The Morgan fingerprint density at radius 1 is 1.10 bits per heavy atom. The highest BCUT2D eigenvalue weighted by Crippen LogP contribution is 2.38. The number of halogens is 3. The van der Waals surface area contributed by atoms with Gasteiger partial charge < -0.3 is 20.5 Å². The van der Waals surface area contributed by atoms with E-state index in [4.69, 9.17) is 0 Å². The van der Waals surface area contributed by atoms with Gasteiger partial charge in [0.1, 0.15) is 11.6 Å². The van der Waals surface area contributed by atoms with E-state index in [1.165, 1.54) is 18.3 Å². The minimum Gasteiger partial charge on any atom is -0.356 e. The summed E-state index contributed by atoms with van der Waals surface area (Å²) in [7, 11) is 1.75. The summed E-state index contributed by atoms with van der Waals surface area (Å²) in [4.78, 5) is 35.4. The third kappa shape index (κ3) is 5.64. The van der Waals surface area contributed by atoms with Crippen LogP contribution < -0.4 is 10.6 Å². The molecule has 0 spiro atoms. The lowest BCUT2D eigenvalue weighted by Crippen LogP contribution is -2.34. The summed E-state index contributed by atoms with van der Waals surface area (Å²) in [6.45, 7) is 0.573. The number of benzene rings is 2. The van der Waals surface area contributed by atoms with E-state index in [0.29, 0.717) is 35.5 Å². The Bertz CT molecular complexity index is 1490. The van der Waals surface area contributed by atoms with E-state index in [9.17, 15) is 22.8 Å². The van der Waals surface area contributed by atoms with Crippen molar-refractivity contribution in [2.75, 3.05) is 24.2 Å². The normalized spacial score (nSPS) is 13.8. The number of amides is 2. The Balaban J connectivity index is 1.48. The Morgan fingerprint density at radius 2 is 1.85 bits per heavy atom. The van der Waals surface area contributed by atoms with Gasteiger partial charge in [0.25, 0.3) is 5.91 Å². The molecule has 0 saturated heterocycles. The fourth-order valence-electron chi connectivity index (χ4n) is 4.69. The van der Waals surface area contributed by atoms with Gasteiger partial charge in [-0.25, -0.2) is 18.2 Å². The standard InChI is InChI=1S/C29H26F3N5O2/c1-37-14-12-22-25(29(37)39)27(34-20-5-3-2-4-6-20)26(35-22)18-11-13-33-24(15-18)36-28(38)21(16-23(31)32)17-7-9-19(30)10-8-17/h2-11,13,15,21,23,34-35H,12,14,16H2,1H3,(H,33,36,38)/t21-/m0/s1. The molecular weight excluding hydrogens is 507 g/mol. The summed E-state index contributed by atoms with van der Waals surface area (Å²) in [6, 6.07) is 17.7. The van der Waals surface area contributed by atoms with Gasteiger partial charge in [-0.3, -0.25) is 9.59 Å². The molecule has 5 rings (SSSR count). The topological polar surface area (TPSA) is 90.1 Å². The quantitative estimate of drug-likeness (QED) is 0.261. The van der Waals surface area contributed by atoms with Gasteiger partial charge in [0.15, 0.2) is 0 Å². The molecule has 2 aromatic heterocycles. The zero-order chi connectivity index (χ0) is 27.5. The molecule has 1 aliphatic heterocycles. The number of nitrogens with one attached hydrogen (secondary N) is 3. The number of hydrogen-bond donors (Lipinski definition) is 3.